The smallest absolute Gasteiger partial charge is 0.0599 e. The van der Waals surface area contributed by atoms with E-state index in [-0.39, 0.29) is 12.6 Å². The van der Waals surface area contributed by atoms with Crippen LogP contribution in [0, 0.1) is 0 Å². The largest absolute Gasteiger partial charge is 0.395 e. The van der Waals surface area contributed by atoms with Gasteiger partial charge in [-0.2, -0.15) is 0 Å². The van der Waals surface area contributed by atoms with Crippen LogP contribution in [0.15, 0.2) is 0 Å². The fraction of sp³-hybridized carbons (Fsp3) is 1.00. The van der Waals surface area contributed by atoms with Crippen molar-refractivity contribution in [3.05, 3.63) is 0 Å². The average Bonchev–Trinajstić information content (AvgIpc) is 2.16. The van der Waals surface area contributed by atoms with Crippen LogP contribution in [0.2, 0.25) is 0 Å². The number of nitrogens with zero attached hydrogens (tertiary/aromatic N) is 2. The highest BCUT2D eigenvalue weighted by Crippen LogP contribution is 2.06. The number of aliphatic hydroxyl groups is 1. The molecule has 0 radical (unpaired) electrons. The van der Waals surface area contributed by atoms with E-state index in [1.54, 1.807) is 7.11 Å². The Morgan fingerprint density at radius 1 is 1.46 bits per heavy atom. The first-order chi connectivity index (χ1) is 6.27. The molecule has 13 heavy (non-hydrogen) atoms. The van der Waals surface area contributed by atoms with Crippen molar-refractivity contribution >= 4 is 0 Å². The van der Waals surface area contributed by atoms with Crippen molar-refractivity contribution in [2.45, 2.75) is 6.04 Å². The van der Waals surface area contributed by atoms with Gasteiger partial charge < -0.3 is 14.7 Å². The zero-order chi connectivity index (χ0) is 9.68. The molecule has 0 amide bonds. The quantitative estimate of drug-likeness (QED) is 0.629. The Morgan fingerprint density at radius 2 is 2.23 bits per heavy atom. The van der Waals surface area contributed by atoms with E-state index in [2.05, 4.69) is 16.8 Å². The second-order valence-electron chi connectivity index (χ2n) is 3.63. The molecule has 0 spiro atoms. The average molecular weight is 188 g/mol. The van der Waals surface area contributed by atoms with Crippen LogP contribution < -0.4 is 0 Å². The normalized spacial score (nSPS) is 26.5. The van der Waals surface area contributed by atoms with Crippen LogP contribution in [-0.4, -0.2) is 74.5 Å². The third-order valence-electron chi connectivity index (χ3n) is 2.60. The second kappa shape index (κ2) is 5.54. The highest BCUT2D eigenvalue weighted by Gasteiger charge is 2.23. The van der Waals surface area contributed by atoms with Crippen molar-refractivity contribution in [1.82, 2.24) is 9.80 Å². The first-order valence-corrected chi connectivity index (χ1v) is 4.80. The molecule has 78 valence electrons. The van der Waals surface area contributed by atoms with Crippen molar-refractivity contribution in [3.8, 4) is 0 Å². The predicted octanol–water partition coefficient (Wildman–Crippen LogP) is -0.759. The lowest BCUT2D eigenvalue weighted by atomic mass is 10.2. The van der Waals surface area contributed by atoms with Gasteiger partial charge in [0.1, 0.15) is 0 Å². The van der Waals surface area contributed by atoms with Crippen LogP contribution in [0.25, 0.3) is 0 Å². The monoisotopic (exact) mass is 188 g/mol. The SMILES string of the molecule is COCCN1CCN(C)CC1CO. The van der Waals surface area contributed by atoms with E-state index >= 15 is 0 Å². The molecule has 0 aromatic carbocycles. The number of hydrogen-bond acceptors (Lipinski definition) is 4. The lowest BCUT2D eigenvalue weighted by Crippen LogP contribution is -2.54. The van der Waals surface area contributed by atoms with Crippen LogP contribution in [0.1, 0.15) is 0 Å². The molecule has 1 saturated heterocycles. The van der Waals surface area contributed by atoms with E-state index in [1.165, 1.54) is 0 Å². The molecule has 1 N–H and O–H groups in total. The molecule has 1 unspecified atom stereocenters. The Hall–Kier alpha value is -0.160. The molecule has 0 saturated carbocycles. The van der Waals surface area contributed by atoms with Gasteiger partial charge in [0, 0.05) is 39.3 Å². The number of piperazine rings is 1. The van der Waals surface area contributed by atoms with Crippen molar-refractivity contribution < 1.29 is 9.84 Å². The molecule has 0 bridgehead atoms. The van der Waals surface area contributed by atoms with Crippen molar-refractivity contribution in [2.24, 2.45) is 0 Å². The molecule has 4 heteroatoms. The Bertz CT molecular complexity index is 142. The molecule has 1 atom stereocenters. The summed E-state index contributed by atoms with van der Waals surface area (Å²) in [5, 5.41) is 9.17. The van der Waals surface area contributed by atoms with Gasteiger partial charge in [0.25, 0.3) is 0 Å². The molecular formula is C9H20N2O2. The first-order valence-electron chi connectivity index (χ1n) is 4.80. The summed E-state index contributed by atoms with van der Waals surface area (Å²) in [4.78, 5) is 4.55. The first kappa shape index (κ1) is 10.9. The molecule has 4 nitrogen and oxygen atoms in total. The van der Waals surface area contributed by atoms with Gasteiger partial charge in [0.2, 0.25) is 0 Å². The van der Waals surface area contributed by atoms with Gasteiger partial charge in [-0.05, 0) is 7.05 Å². The number of aliphatic hydroxyl groups excluding tert-OH is 1. The summed E-state index contributed by atoms with van der Waals surface area (Å²) in [7, 11) is 3.81. The third kappa shape index (κ3) is 3.23. The van der Waals surface area contributed by atoms with Crippen LogP contribution in [0.5, 0.6) is 0 Å². The number of ether oxygens (including phenoxy) is 1. The molecule has 1 aliphatic heterocycles. The zero-order valence-corrected chi connectivity index (χ0v) is 8.57. The van der Waals surface area contributed by atoms with Gasteiger partial charge in [0.15, 0.2) is 0 Å². The maximum absolute atomic E-state index is 9.17. The number of methoxy groups -OCH3 is 1. The van der Waals surface area contributed by atoms with Crippen molar-refractivity contribution in [3.63, 3.8) is 0 Å². The summed E-state index contributed by atoms with van der Waals surface area (Å²) in [5.41, 5.74) is 0. The molecular weight excluding hydrogens is 168 g/mol. The van der Waals surface area contributed by atoms with Gasteiger partial charge >= 0.3 is 0 Å². The topological polar surface area (TPSA) is 35.9 Å². The molecule has 0 aromatic heterocycles. The second-order valence-corrected chi connectivity index (χ2v) is 3.63. The fourth-order valence-electron chi connectivity index (χ4n) is 1.72. The molecule has 1 fully saturated rings. The minimum Gasteiger partial charge on any atom is -0.395 e. The fourth-order valence-corrected chi connectivity index (χ4v) is 1.72. The lowest BCUT2D eigenvalue weighted by molar-refractivity contribution is 0.0334. The Morgan fingerprint density at radius 3 is 2.85 bits per heavy atom. The van der Waals surface area contributed by atoms with Gasteiger partial charge in [-0.15, -0.1) is 0 Å². The van der Waals surface area contributed by atoms with Gasteiger partial charge in [-0.1, -0.05) is 0 Å². The summed E-state index contributed by atoms with van der Waals surface area (Å²) >= 11 is 0. The number of likely N-dealkylation sites (N-methyl/N-ethyl adjacent to an activating group) is 1. The van der Waals surface area contributed by atoms with Crippen LogP contribution in [0.3, 0.4) is 0 Å². The minimum atomic E-state index is 0.244. The summed E-state index contributed by atoms with van der Waals surface area (Å²) in [6, 6.07) is 0.286. The molecule has 1 heterocycles. The van der Waals surface area contributed by atoms with E-state index in [0.29, 0.717) is 0 Å². The Kier molecular flexibility index (Phi) is 4.66. The summed E-state index contributed by atoms with van der Waals surface area (Å²) in [6.45, 7) is 5.00. The van der Waals surface area contributed by atoms with Crippen LogP contribution in [0.4, 0.5) is 0 Å². The van der Waals surface area contributed by atoms with Crippen LogP contribution >= 0.6 is 0 Å². The third-order valence-corrected chi connectivity index (χ3v) is 2.60. The van der Waals surface area contributed by atoms with Crippen molar-refractivity contribution in [1.29, 1.82) is 0 Å². The number of rotatable bonds is 4. The van der Waals surface area contributed by atoms with Crippen molar-refractivity contribution in [2.75, 3.05) is 53.6 Å². The number of hydrogen-bond donors (Lipinski definition) is 1. The van der Waals surface area contributed by atoms with E-state index in [1.807, 2.05) is 0 Å². The van der Waals surface area contributed by atoms with Gasteiger partial charge in [0.05, 0.1) is 13.2 Å². The Balaban J connectivity index is 2.33. The maximum Gasteiger partial charge on any atom is 0.0599 e. The molecule has 0 aromatic rings. The Labute approximate surface area is 80.1 Å². The molecule has 1 rings (SSSR count). The summed E-state index contributed by atoms with van der Waals surface area (Å²) in [6.07, 6.45) is 0. The van der Waals surface area contributed by atoms with E-state index in [4.69, 9.17) is 9.84 Å². The maximum atomic E-state index is 9.17. The zero-order valence-electron chi connectivity index (χ0n) is 8.57. The van der Waals surface area contributed by atoms with Gasteiger partial charge in [-0.3, -0.25) is 4.90 Å². The van der Waals surface area contributed by atoms with E-state index < -0.39 is 0 Å². The molecule has 0 aliphatic carbocycles. The predicted molar refractivity (Wildman–Crippen MR) is 51.8 cm³/mol. The van der Waals surface area contributed by atoms with Gasteiger partial charge in [-0.25, -0.2) is 0 Å². The highest BCUT2D eigenvalue weighted by atomic mass is 16.5. The van der Waals surface area contributed by atoms with E-state index in [0.717, 1.165) is 32.8 Å². The summed E-state index contributed by atoms with van der Waals surface area (Å²) in [5.74, 6) is 0. The lowest BCUT2D eigenvalue weighted by Gasteiger charge is -2.38. The van der Waals surface area contributed by atoms with E-state index in [9.17, 15) is 0 Å². The summed E-state index contributed by atoms with van der Waals surface area (Å²) < 4.78 is 5.03. The molecule has 1 aliphatic rings. The highest BCUT2D eigenvalue weighted by molar-refractivity contribution is 4.79. The standard InChI is InChI=1S/C9H20N2O2/c1-10-3-4-11(5-6-13-2)9(7-10)8-12/h9,12H,3-8H2,1-2H3. The van der Waals surface area contributed by atoms with Crippen LogP contribution in [-0.2, 0) is 4.74 Å². The minimum absolute atomic E-state index is 0.244.